The zero-order valence-electron chi connectivity index (χ0n) is 10.4. The SMILES string of the molecule is CC(C)(C)NC(=O)N1CCN(CCF)CC1. The molecule has 1 fully saturated rings. The molecule has 0 spiro atoms. The predicted octanol–water partition coefficient (Wildman–Crippen LogP) is 1.08. The number of hydrogen-bond acceptors (Lipinski definition) is 2. The van der Waals surface area contributed by atoms with Crippen molar-refractivity contribution < 1.29 is 9.18 Å². The molecule has 1 saturated heterocycles. The lowest BCUT2D eigenvalue weighted by Crippen LogP contribution is -2.55. The third-order valence-electron chi connectivity index (χ3n) is 2.54. The first-order valence-corrected chi connectivity index (χ1v) is 5.78. The lowest BCUT2D eigenvalue weighted by Gasteiger charge is -2.35. The zero-order chi connectivity index (χ0) is 12.2. The molecule has 1 N–H and O–H groups in total. The number of alkyl halides is 1. The van der Waals surface area contributed by atoms with Crippen LogP contribution in [0.3, 0.4) is 0 Å². The highest BCUT2D eigenvalue weighted by molar-refractivity contribution is 5.75. The number of rotatable bonds is 2. The van der Waals surface area contributed by atoms with Gasteiger partial charge in [0.25, 0.3) is 0 Å². The number of halogens is 1. The fourth-order valence-electron chi connectivity index (χ4n) is 1.69. The highest BCUT2D eigenvalue weighted by atomic mass is 19.1. The van der Waals surface area contributed by atoms with Gasteiger partial charge in [0.15, 0.2) is 0 Å². The number of hydrogen-bond donors (Lipinski definition) is 1. The van der Waals surface area contributed by atoms with Crippen molar-refractivity contribution in [2.24, 2.45) is 0 Å². The van der Waals surface area contributed by atoms with Gasteiger partial charge in [0.1, 0.15) is 6.67 Å². The van der Waals surface area contributed by atoms with E-state index in [1.54, 1.807) is 4.90 Å². The van der Waals surface area contributed by atoms with Gasteiger partial charge in [-0.15, -0.1) is 0 Å². The molecule has 4 nitrogen and oxygen atoms in total. The van der Waals surface area contributed by atoms with E-state index in [4.69, 9.17) is 0 Å². The molecule has 1 rings (SSSR count). The second-order valence-electron chi connectivity index (χ2n) is 5.20. The highest BCUT2D eigenvalue weighted by Gasteiger charge is 2.23. The van der Waals surface area contributed by atoms with E-state index in [1.165, 1.54) is 0 Å². The number of piperazine rings is 1. The Morgan fingerprint density at radius 2 is 1.81 bits per heavy atom. The van der Waals surface area contributed by atoms with Crippen LogP contribution in [0.25, 0.3) is 0 Å². The molecule has 0 aromatic rings. The van der Waals surface area contributed by atoms with Crippen LogP contribution in [0.5, 0.6) is 0 Å². The molecule has 0 aromatic heterocycles. The van der Waals surface area contributed by atoms with Gasteiger partial charge in [0, 0.05) is 38.3 Å². The van der Waals surface area contributed by atoms with Crippen LogP contribution < -0.4 is 5.32 Å². The van der Waals surface area contributed by atoms with Gasteiger partial charge in [-0.05, 0) is 20.8 Å². The maximum atomic E-state index is 12.1. The van der Waals surface area contributed by atoms with Crippen molar-refractivity contribution in [1.82, 2.24) is 15.1 Å². The summed E-state index contributed by atoms with van der Waals surface area (Å²) in [7, 11) is 0. The van der Waals surface area contributed by atoms with Crippen LogP contribution in [0.1, 0.15) is 20.8 Å². The normalized spacial score (nSPS) is 18.6. The Kier molecular flexibility index (Phi) is 4.53. The van der Waals surface area contributed by atoms with Gasteiger partial charge >= 0.3 is 6.03 Å². The molecule has 0 aliphatic carbocycles. The quantitative estimate of drug-likeness (QED) is 0.772. The standard InChI is InChI=1S/C11H22FN3O/c1-11(2,3)13-10(16)15-8-6-14(5-4-12)7-9-15/h4-9H2,1-3H3,(H,13,16). The fraction of sp³-hybridized carbons (Fsp3) is 0.909. The maximum Gasteiger partial charge on any atom is 0.317 e. The Morgan fingerprint density at radius 3 is 2.25 bits per heavy atom. The number of carbonyl (C=O) groups is 1. The predicted molar refractivity (Wildman–Crippen MR) is 62.3 cm³/mol. The van der Waals surface area contributed by atoms with Crippen LogP contribution in [0.2, 0.25) is 0 Å². The molecule has 2 amide bonds. The summed E-state index contributed by atoms with van der Waals surface area (Å²) in [5.41, 5.74) is -0.201. The van der Waals surface area contributed by atoms with E-state index in [-0.39, 0.29) is 18.2 Å². The third kappa shape index (κ3) is 4.35. The minimum absolute atomic E-state index is 0.0209. The average Bonchev–Trinajstić information content (AvgIpc) is 2.16. The van der Waals surface area contributed by atoms with Crippen LogP contribution in [-0.2, 0) is 0 Å². The Bertz CT molecular complexity index is 232. The van der Waals surface area contributed by atoms with E-state index in [1.807, 2.05) is 25.7 Å². The molecular formula is C11H22FN3O. The molecule has 0 bridgehead atoms. The third-order valence-corrected chi connectivity index (χ3v) is 2.54. The first kappa shape index (κ1) is 13.2. The van der Waals surface area contributed by atoms with Crippen LogP contribution in [0, 0.1) is 0 Å². The monoisotopic (exact) mass is 231 g/mol. The summed E-state index contributed by atoms with van der Waals surface area (Å²) in [6.45, 7) is 8.95. The van der Waals surface area contributed by atoms with Crippen molar-refractivity contribution in [1.29, 1.82) is 0 Å². The molecule has 0 unspecified atom stereocenters. The van der Waals surface area contributed by atoms with Crippen molar-refractivity contribution in [2.45, 2.75) is 26.3 Å². The summed E-state index contributed by atoms with van der Waals surface area (Å²) in [6, 6.07) is -0.0209. The molecule has 5 heteroatoms. The number of urea groups is 1. The van der Waals surface area contributed by atoms with Gasteiger partial charge in [0.2, 0.25) is 0 Å². The molecule has 0 radical (unpaired) electrons. The van der Waals surface area contributed by atoms with Crippen molar-refractivity contribution in [2.75, 3.05) is 39.4 Å². The van der Waals surface area contributed by atoms with E-state index >= 15 is 0 Å². The van der Waals surface area contributed by atoms with Crippen molar-refractivity contribution in [3.05, 3.63) is 0 Å². The van der Waals surface area contributed by atoms with E-state index < -0.39 is 0 Å². The van der Waals surface area contributed by atoms with Gasteiger partial charge in [-0.2, -0.15) is 0 Å². The highest BCUT2D eigenvalue weighted by Crippen LogP contribution is 2.05. The molecular weight excluding hydrogens is 209 g/mol. The molecule has 0 atom stereocenters. The Labute approximate surface area is 96.8 Å². The van der Waals surface area contributed by atoms with Crippen LogP contribution >= 0.6 is 0 Å². The summed E-state index contributed by atoms with van der Waals surface area (Å²) < 4.78 is 12.1. The van der Waals surface area contributed by atoms with E-state index in [9.17, 15) is 9.18 Å². The number of nitrogens with zero attached hydrogens (tertiary/aromatic N) is 2. The van der Waals surface area contributed by atoms with Crippen LogP contribution in [0.4, 0.5) is 9.18 Å². The Hall–Kier alpha value is -0.840. The summed E-state index contributed by atoms with van der Waals surface area (Å²) in [5.74, 6) is 0. The van der Waals surface area contributed by atoms with Gasteiger partial charge in [-0.25, -0.2) is 9.18 Å². The maximum absolute atomic E-state index is 12.1. The molecule has 1 aliphatic heterocycles. The number of amides is 2. The first-order chi connectivity index (χ1) is 7.42. The van der Waals surface area contributed by atoms with Gasteiger partial charge in [-0.3, -0.25) is 4.90 Å². The first-order valence-electron chi connectivity index (χ1n) is 5.78. The second-order valence-corrected chi connectivity index (χ2v) is 5.20. The summed E-state index contributed by atoms with van der Waals surface area (Å²) in [4.78, 5) is 15.6. The molecule has 0 aromatic carbocycles. The summed E-state index contributed by atoms with van der Waals surface area (Å²) >= 11 is 0. The van der Waals surface area contributed by atoms with E-state index in [0.717, 1.165) is 13.1 Å². The van der Waals surface area contributed by atoms with Crippen LogP contribution in [0.15, 0.2) is 0 Å². The fourth-order valence-corrected chi connectivity index (χ4v) is 1.69. The Morgan fingerprint density at radius 1 is 1.25 bits per heavy atom. The smallest absolute Gasteiger partial charge is 0.317 e. The van der Waals surface area contributed by atoms with Gasteiger partial charge in [0.05, 0.1) is 0 Å². The zero-order valence-corrected chi connectivity index (χ0v) is 10.4. The summed E-state index contributed by atoms with van der Waals surface area (Å²) in [5, 5.41) is 2.93. The molecule has 94 valence electrons. The lowest BCUT2D eigenvalue weighted by molar-refractivity contribution is 0.130. The lowest BCUT2D eigenvalue weighted by atomic mass is 10.1. The minimum Gasteiger partial charge on any atom is -0.333 e. The summed E-state index contributed by atoms with van der Waals surface area (Å²) in [6.07, 6.45) is 0. The average molecular weight is 231 g/mol. The molecule has 0 saturated carbocycles. The molecule has 1 aliphatic rings. The van der Waals surface area contributed by atoms with E-state index in [2.05, 4.69) is 5.32 Å². The van der Waals surface area contributed by atoms with Crippen molar-refractivity contribution in [3.63, 3.8) is 0 Å². The van der Waals surface area contributed by atoms with Crippen LogP contribution in [-0.4, -0.2) is 60.8 Å². The minimum atomic E-state index is -0.311. The number of carbonyl (C=O) groups excluding carboxylic acids is 1. The Balaban J connectivity index is 2.33. The largest absolute Gasteiger partial charge is 0.333 e. The molecule has 1 heterocycles. The van der Waals surface area contributed by atoms with Gasteiger partial charge in [-0.1, -0.05) is 0 Å². The topological polar surface area (TPSA) is 35.6 Å². The second kappa shape index (κ2) is 5.48. The van der Waals surface area contributed by atoms with E-state index in [0.29, 0.717) is 19.6 Å². The van der Waals surface area contributed by atoms with Crippen molar-refractivity contribution >= 4 is 6.03 Å². The number of nitrogens with one attached hydrogen (secondary N) is 1. The molecule has 16 heavy (non-hydrogen) atoms. The van der Waals surface area contributed by atoms with Crippen molar-refractivity contribution in [3.8, 4) is 0 Å². The van der Waals surface area contributed by atoms with Gasteiger partial charge < -0.3 is 10.2 Å².